The van der Waals surface area contributed by atoms with E-state index in [1.54, 1.807) is 66.7 Å². The van der Waals surface area contributed by atoms with Gasteiger partial charge in [-0.1, -0.05) is 6.07 Å². The number of nitrogens with one attached hydrogen (secondary N) is 2. The van der Waals surface area contributed by atoms with Gasteiger partial charge in [0.05, 0.1) is 22.3 Å². The van der Waals surface area contributed by atoms with E-state index >= 15 is 0 Å². The predicted octanol–water partition coefficient (Wildman–Crippen LogP) is 7.29. The average Bonchev–Trinajstić information content (AvgIpc) is 3.03. The predicted molar refractivity (Wildman–Crippen MR) is 170 cm³/mol. The van der Waals surface area contributed by atoms with Crippen LogP contribution in [0.2, 0.25) is 0 Å². The van der Waals surface area contributed by atoms with E-state index in [0.29, 0.717) is 47.5 Å². The van der Waals surface area contributed by atoms with Gasteiger partial charge >= 0.3 is 12.3 Å². The molecular formula is C34H36F3N5O4. The standard InChI is InChI=1S/C26H28N4O4.C8H8F3N/c1-26(2,3)34-25(33)30-12-10-17(11-13-30)23-15-27-21-9-6-19(14-22(21)29-23)24(32)18-4-7-20(8-5-18)28-16-31;1-12-7-4-2-3-6(5-7)8(9,10)11/h4-9,14-17H,10-13H2,1-3H3,(H,28,31);2-5,12H,1H3. The molecule has 2 heterocycles. The Labute approximate surface area is 265 Å². The number of fused-ring (bicyclic) bond motifs is 1. The maximum Gasteiger partial charge on any atom is 0.416 e. The van der Waals surface area contributed by atoms with Crippen molar-refractivity contribution in [3.05, 3.63) is 95.3 Å². The second kappa shape index (κ2) is 14.4. The molecule has 0 bridgehead atoms. The largest absolute Gasteiger partial charge is 0.444 e. The number of piperidine rings is 1. The second-order valence-corrected chi connectivity index (χ2v) is 11.7. The lowest BCUT2D eigenvalue weighted by molar-refractivity contribution is -0.137. The topological polar surface area (TPSA) is 114 Å². The van der Waals surface area contributed by atoms with E-state index in [4.69, 9.17) is 9.72 Å². The van der Waals surface area contributed by atoms with Gasteiger partial charge in [0, 0.05) is 54.8 Å². The summed E-state index contributed by atoms with van der Waals surface area (Å²) in [4.78, 5) is 46.9. The number of carbonyl (C=O) groups is 3. The highest BCUT2D eigenvalue weighted by Crippen LogP contribution is 2.31. The third-order valence-electron chi connectivity index (χ3n) is 7.24. The zero-order valence-electron chi connectivity index (χ0n) is 26.0. The molecule has 46 heavy (non-hydrogen) atoms. The van der Waals surface area contributed by atoms with Gasteiger partial charge in [-0.15, -0.1) is 0 Å². The number of ether oxygens (including phenoxy) is 1. The van der Waals surface area contributed by atoms with Gasteiger partial charge in [0.15, 0.2) is 5.78 Å². The number of hydrogen-bond acceptors (Lipinski definition) is 7. The van der Waals surface area contributed by atoms with E-state index < -0.39 is 17.3 Å². The fourth-order valence-corrected chi connectivity index (χ4v) is 4.85. The Bertz CT molecular complexity index is 1680. The van der Waals surface area contributed by atoms with Crippen molar-refractivity contribution in [2.45, 2.75) is 51.3 Å². The van der Waals surface area contributed by atoms with Gasteiger partial charge in [-0.05, 0) is 94.3 Å². The normalized spacial score (nSPS) is 13.8. The van der Waals surface area contributed by atoms with Gasteiger partial charge in [0.25, 0.3) is 0 Å². The molecule has 1 aliphatic heterocycles. The van der Waals surface area contributed by atoms with Crippen molar-refractivity contribution in [1.29, 1.82) is 0 Å². The number of nitrogens with zero attached hydrogens (tertiary/aromatic N) is 3. The molecule has 2 amide bonds. The lowest BCUT2D eigenvalue weighted by Gasteiger charge is -2.33. The molecule has 9 nitrogen and oxygen atoms in total. The lowest BCUT2D eigenvalue weighted by Crippen LogP contribution is -2.41. The van der Waals surface area contributed by atoms with Crippen LogP contribution in [0.15, 0.2) is 72.9 Å². The molecule has 12 heteroatoms. The van der Waals surface area contributed by atoms with Crippen LogP contribution in [0.5, 0.6) is 0 Å². The molecule has 5 rings (SSSR count). The number of hydrogen-bond donors (Lipinski definition) is 2. The van der Waals surface area contributed by atoms with Crippen LogP contribution in [0.25, 0.3) is 11.0 Å². The number of aromatic nitrogens is 2. The second-order valence-electron chi connectivity index (χ2n) is 11.7. The maximum absolute atomic E-state index is 13.0. The lowest BCUT2D eigenvalue weighted by atomic mass is 9.94. The quantitative estimate of drug-likeness (QED) is 0.169. The molecule has 0 atom stereocenters. The molecule has 1 fully saturated rings. The van der Waals surface area contributed by atoms with Crippen molar-refractivity contribution in [2.24, 2.45) is 0 Å². The zero-order valence-corrected chi connectivity index (χ0v) is 26.0. The Hall–Kier alpha value is -5.00. The van der Waals surface area contributed by atoms with E-state index in [9.17, 15) is 27.6 Å². The molecule has 0 spiro atoms. The number of anilines is 2. The number of likely N-dealkylation sites (tertiary alicyclic amines) is 1. The Morgan fingerprint density at radius 2 is 1.59 bits per heavy atom. The minimum atomic E-state index is -4.26. The highest BCUT2D eigenvalue weighted by molar-refractivity contribution is 6.10. The SMILES string of the molecule is CC(C)(C)OC(=O)N1CCC(c2cnc3ccc(C(=O)c4ccc(NC=O)cc4)cc3n2)CC1.CNc1cccc(C(F)(F)F)c1. The maximum atomic E-state index is 13.0. The minimum absolute atomic E-state index is 0.127. The van der Waals surface area contributed by atoms with E-state index in [1.165, 1.54) is 6.07 Å². The van der Waals surface area contributed by atoms with Gasteiger partial charge < -0.3 is 20.3 Å². The third-order valence-corrected chi connectivity index (χ3v) is 7.24. The van der Waals surface area contributed by atoms with Gasteiger partial charge in [0.1, 0.15) is 5.60 Å². The molecule has 242 valence electrons. The molecule has 0 saturated carbocycles. The van der Waals surface area contributed by atoms with Crippen molar-refractivity contribution in [3.8, 4) is 0 Å². The minimum Gasteiger partial charge on any atom is -0.444 e. The van der Waals surface area contributed by atoms with E-state index in [-0.39, 0.29) is 17.8 Å². The monoisotopic (exact) mass is 635 g/mol. The van der Waals surface area contributed by atoms with Gasteiger partial charge in [-0.3, -0.25) is 14.6 Å². The molecule has 0 radical (unpaired) electrons. The molecular weight excluding hydrogens is 599 g/mol. The molecule has 0 unspecified atom stereocenters. The first-order valence-electron chi connectivity index (χ1n) is 14.7. The van der Waals surface area contributed by atoms with E-state index in [2.05, 4.69) is 15.6 Å². The summed E-state index contributed by atoms with van der Waals surface area (Å²) in [5.41, 5.74) is 3.24. The van der Waals surface area contributed by atoms with Crippen molar-refractivity contribution in [1.82, 2.24) is 14.9 Å². The summed E-state index contributed by atoms with van der Waals surface area (Å²) in [7, 11) is 1.58. The molecule has 3 aromatic carbocycles. The van der Waals surface area contributed by atoms with Gasteiger partial charge in [-0.2, -0.15) is 13.2 Å². The first-order valence-corrected chi connectivity index (χ1v) is 14.7. The van der Waals surface area contributed by atoms with Crippen LogP contribution >= 0.6 is 0 Å². The van der Waals surface area contributed by atoms with Crippen molar-refractivity contribution >= 4 is 40.7 Å². The summed E-state index contributed by atoms with van der Waals surface area (Å²) in [6.07, 6.45) is -0.604. The number of benzene rings is 3. The molecule has 4 aromatic rings. The number of halogens is 3. The summed E-state index contributed by atoms with van der Waals surface area (Å²) >= 11 is 0. The zero-order chi connectivity index (χ0) is 33.5. The van der Waals surface area contributed by atoms with E-state index in [0.717, 1.165) is 36.2 Å². The van der Waals surface area contributed by atoms with Crippen LogP contribution in [0, 0.1) is 0 Å². The summed E-state index contributed by atoms with van der Waals surface area (Å²) < 4.78 is 41.7. The first-order chi connectivity index (χ1) is 21.8. The highest BCUT2D eigenvalue weighted by Gasteiger charge is 2.30. The summed E-state index contributed by atoms with van der Waals surface area (Å²) in [5, 5.41) is 5.19. The number of amides is 2. The fourth-order valence-electron chi connectivity index (χ4n) is 4.85. The van der Waals surface area contributed by atoms with Crippen LogP contribution in [0.3, 0.4) is 0 Å². The van der Waals surface area contributed by atoms with Crippen LogP contribution in [-0.2, 0) is 15.7 Å². The summed E-state index contributed by atoms with van der Waals surface area (Å²) in [5.74, 6) is 0.0604. The van der Waals surface area contributed by atoms with Gasteiger partial charge in [-0.25, -0.2) is 9.78 Å². The number of carbonyl (C=O) groups excluding carboxylic acids is 3. The molecule has 1 aliphatic rings. The Morgan fingerprint density at radius 3 is 2.20 bits per heavy atom. The molecule has 1 aromatic heterocycles. The van der Waals surface area contributed by atoms with Crippen LogP contribution in [-0.4, -0.2) is 58.9 Å². The van der Waals surface area contributed by atoms with Crippen LogP contribution in [0.1, 0.15) is 66.7 Å². The van der Waals surface area contributed by atoms with Crippen molar-refractivity contribution in [2.75, 3.05) is 30.8 Å². The summed E-state index contributed by atoms with van der Waals surface area (Å²) in [6.45, 7) is 6.80. The molecule has 2 N–H and O–H groups in total. The smallest absolute Gasteiger partial charge is 0.416 e. The Kier molecular flexibility index (Phi) is 10.6. The molecule has 0 aliphatic carbocycles. The third kappa shape index (κ3) is 9.02. The van der Waals surface area contributed by atoms with Crippen LogP contribution in [0.4, 0.5) is 29.3 Å². The van der Waals surface area contributed by atoms with Crippen LogP contribution < -0.4 is 10.6 Å². The van der Waals surface area contributed by atoms with Crippen molar-refractivity contribution < 1.29 is 32.3 Å². The van der Waals surface area contributed by atoms with Crippen molar-refractivity contribution in [3.63, 3.8) is 0 Å². The Morgan fingerprint density at radius 1 is 0.913 bits per heavy atom. The van der Waals surface area contributed by atoms with Gasteiger partial charge in [0.2, 0.25) is 6.41 Å². The number of rotatable bonds is 6. The number of ketones is 1. The first kappa shape index (κ1) is 33.9. The highest BCUT2D eigenvalue weighted by atomic mass is 19.4. The Balaban J connectivity index is 0.000000337. The fraction of sp³-hybridized carbons (Fsp3) is 0.324. The van der Waals surface area contributed by atoms with E-state index in [1.807, 2.05) is 20.8 Å². The summed E-state index contributed by atoms with van der Waals surface area (Å²) in [6, 6.07) is 17.1. The average molecular weight is 636 g/mol. The number of alkyl halides is 3. The molecule has 1 saturated heterocycles.